The Morgan fingerprint density at radius 1 is 1.21 bits per heavy atom. The number of nitrogens with zero attached hydrogens (tertiary/aromatic N) is 3. The van der Waals surface area contributed by atoms with E-state index in [1.54, 1.807) is 0 Å². The minimum Gasteiger partial charge on any atom is -0.342 e. The zero-order valence-corrected chi connectivity index (χ0v) is 14.4. The molecule has 0 radical (unpaired) electrons. The highest BCUT2D eigenvalue weighted by Gasteiger charge is 2.27. The summed E-state index contributed by atoms with van der Waals surface area (Å²) in [7, 11) is 0. The lowest BCUT2D eigenvalue weighted by molar-refractivity contribution is -0.133. The maximum atomic E-state index is 12.4. The highest BCUT2D eigenvalue weighted by atomic mass is 16.2. The molecule has 2 heterocycles. The van der Waals surface area contributed by atoms with E-state index in [9.17, 15) is 9.59 Å². The Morgan fingerprint density at radius 2 is 1.96 bits per heavy atom. The van der Waals surface area contributed by atoms with Crippen molar-refractivity contribution in [3.8, 4) is 0 Å². The van der Waals surface area contributed by atoms with Gasteiger partial charge in [0.25, 0.3) is 5.91 Å². The van der Waals surface area contributed by atoms with Crippen molar-refractivity contribution in [2.45, 2.75) is 39.5 Å². The summed E-state index contributed by atoms with van der Waals surface area (Å²) in [4.78, 5) is 35.0. The Labute approximate surface area is 143 Å². The molecule has 1 aliphatic carbocycles. The van der Waals surface area contributed by atoms with Gasteiger partial charge in [-0.15, -0.1) is 0 Å². The van der Waals surface area contributed by atoms with Gasteiger partial charge >= 0.3 is 0 Å². The molecular weight excluding hydrogens is 302 g/mol. The van der Waals surface area contributed by atoms with Gasteiger partial charge < -0.3 is 4.90 Å². The molecule has 128 valence electrons. The van der Waals surface area contributed by atoms with E-state index in [1.165, 1.54) is 6.42 Å². The summed E-state index contributed by atoms with van der Waals surface area (Å²) in [6, 6.07) is 0. The fourth-order valence-corrected chi connectivity index (χ4v) is 3.75. The fourth-order valence-electron chi connectivity index (χ4n) is 3.75. The van der Waals surface area contributed by atoms with E-state index in [-0.39, 0.29) is 17.7 Å². The molecule has 5 heteroatoms. The molecule has 0 bridgehead atoms. The van der Waals surface area contributed by atoms with Crippen LogP contribution in [0.1, 0.15) is 39.5 Å². The van der Waals surface area contributed by atoms with Crippen molar-refractivity contribution in [2.75, 3.05) is 13.1 Å². The SMILES string of the molecule is CC1CC(C)CN(C(=O)CCCC2=NC(=O)C3C=CC=CC3=N2)C1. The lowest BCUT2D eigenvalue weighted by atomic mass is 9.91. The molecule has 3 unspecified atom stereocenters. The molecule has 24 heavy (non-hydrogen) atoms. The minimum atomic E-state index is -0.322. The highest BCUT2D eigenvalue weighted by Crippen LogP contribution is 2.22. The molecule has 0 spiro atoms. The minimum absolute atomic E-state index is 0.152. The summed E-state index contributed by atoms with van der Waals surface area (Å²) >= 11 is 0. The average molecular weight is 327 g/mol. The van der Waals surface area contributed by atoms with Crippen molar-refractivity contribution in [3.63, 3.8) is 0 Å². The molecule has 0 aromatic rings. The first-order chi connectivity index (χ1) is 11.5. The molecule has 2 aliphatic heterocycles. The molecule has 3 atom stereocenters. The van der Waals surface area contributed by atoms with E-state index < -0.39 is 0 Å². The summed E-state index contributed by atoms with van der Waals surface area (Å²) in [6.45, 7) is 6.14. The van der Waals surface area contributed by atoms with Crippen LogP contribution in [-0.4, -0.2) is 41.4 Å². The molecule has 3 aliphatic rings. The molecule has 1 saturated heterocycles. The Morgan fingerprint density at radius 3 is 2.71 bits per heavy atom. The molecule has 0 aromatic heterocycles. The van der Waals surface area contributed by atoms with Crippen molar-refractivity contribution in [1.82, 2.24) is 4.90 Å². The number of piperidine rings is 1. The summed E-state index contributed by atoms with van der Waals surface area (Å²) in [5, 5.41) is 0. The molecule has 2 amide bonds. The number of likely N-dealkylation sites (tertiary alicyclic amines) is 1. The van der Waals surface area contributed by atoms with Crippen LogP contribution in [0.15, 0.2) is 34.3 Å². The first-order valence-electron chi connectivity index (χ1n) is 8.85. The molecule has 3 rings (SSSR count). The summed E-state index contributed by atoms with van der Waals surface area (Å²) in [6.07, 6.45) is 10.4. The fraction of sp³-hybridized carbons (Fsp3) is 0.579. The second-order valence-electron chi connectivity index (χ2n) is 7.22. The third kappa shape index (κ3) is 3.89. The van der Waals surface area contributed by atoms with Crippen molar-refractivity contribution in [3.05, 3.63) is 24.3 Å². The van der Waals surface area contributed by atoms with Crippen molar-refractivity contribution >= 4 is 23.4 Å². The van der Waals surface area contributed by atoms with E-state index in [1.807, 2.05) is 29.2 Å². The van der Waals surface area contributed by atoms with Crippen LogP contribution in [0.3, 0.4) is 0 Å². The van der Waals surface area contributed by atoms with Crippen LogP contribution in [0.25, 0.3) is 0 Å². The average Bonchev–Trinajstić information content (AvgIpc) is 2.54. The highest BCUT2D eigenvalue weighted by molar-refractivity contribution is 6.21. The molecule has 0 saturated carbocycles. The normalized spacial score (nSPS) is 29.2. The quantitative estimate of drug-likeness (QED) is 0.797. The number of hydrogen-bond donors (Lipinski definition) is 0. The maximum absolute atomic E-state index is 12.4. The van der Waals surface area contributed by atoms with Gasteiger partial charge in [-0.2, -0.15) is 4.99 Å². The van der Waals surface area contributed by atoms with Gasteiger partial charge in [-0.1, -0.05) is 32.1 Å². The van der Waals surface area contributed by atoms with Gasteiger partial charge in [0.2, 0.25) is 5.91 Å². The second-order valence-corrected chi connectivity index (χ2v) is 7.22. The van der Waals surface area contributed by atoms with Crippen molar-refractivity contribution in [1.29, 1.82) is 0 Å². The number of carbonyl (C=O) groups is 2. The zero-order valence-electron chi connectivity index (χ0n) is 14.4. The Kier molecular flexibility index (Phi) is 5.07. The van der Waals surface area contributed by atoms with Crippen LogP contribution >= 0.6 is 0 Å². The number of carbonyl (C=O) groups excluding carboxylic acids is 2. The van der Waals surface area contributed by atoms with Crippen LogP contribution < -0.4 is 0 Å². The van der Waals surface area contributed by atoms with Gasteiger partial charge in [0, 0.05) is 25.9 Å². The van der Waals surface area contributed by atoms with Crippen LogP contribution in [-0.2, 0) is 9.59 Å². The van der Waals surface area contributed by atoms with Crippen LogP contribution in [0.5, 0.6) is 0 Å². The van der Waals surface area contributed by atoms with Crippen LogP contribution in [0.2, 0.25) is 0 Å². The molecule has 0 aromatic carbocycles. The molecule has 1 fully saturated rings. The van der Waals surface area contributed by atoms with Gasteiger partial charge in [-0.25, -0.2) is 4.99 Å². The Balaban J connectivity index is 1.51. The number of aliphatic imine (C=N–C) groups is 2. The van der Waals surface area contributed by atoms with Crippen molar-refractivity contribution in [2.24, 2.45) is 27.7 Å². The first-order valence-corrected chi connectivity index (χ1v) is 8.85. The lowest BCUT2D eigenvalue weighted by Gasteiger charge is -2.35. The van der Waals surface area contributed by atoms with Crippen LogP contribution in [0.4, 0.5) is 0 Å². The Bertz CT molecular complexity index is 635. The topological polar surface area (TPSA) is 62.1 Å². The smallest absolute Gasteiger partial charge is 0.260 e. The number of allylic oxidation sites excluding steroid dienone is 3. The molecular formula is C19H25N3O2. The van der Waals surface area contributed by atoms with E-state index >= 15 is 0 Å². The zero-order chi connectivity index (χ0) is 17.1. The Hall–Kier alpha value is -2.04. The van der Waals surface area contributed by atoms with E-state index in [0.717, 1.165) is 18.8 Å². The maximum Gasteiger partial charge on any atom is 0.260 e. The number of rotatable bonds is 4. The van der Waals surface area contributed by atoms with E-state index in [4.69, 9.17) is 0 Å². The number of amides is 2. The second kappa shape index (κ2) is 7.24. The predicted molar refractivity (Wildman–Crippen MR) is 95.0 cm³/mol. The van der Waals surface area contributed by atoms with Crippen molar-refractivity contribution < 1.29 is 9.59 Å². The summed E-state index contributed by atoms with van der Waals surface area (Å²) < 4.78 is 0. The van der Waals surface area contributed by atoms with Crippen LogP contribution in [0, 0.1) is 17.8 Å². The lowest BCUT2D eigenvalue weighted by Crippen LogP contribution is -2.42. The molecule has 0 N–H and O–H groups in total. The number of amidine groups is 1. The largest absolute Gasteiger partial charge is 0.342 e. The van der Waals surface area contributed by atoms with Gasteiger partial charge in [0.1, 0.15) is 11.8 Å². The summed E-state index contributed by atoms with van der Waals surface area (Å²) in [5.74, 6) is 1.44. The number of fused-ring (bicyclic) bond motifs is 1. The number of hydrogen-bond acceptors (Lipinski definition) is 3. The van der Waals surface area contributed by atoms with Gasteiger partial charge in [0.05, 0.1) is 5.71 Å². The van der Waals surface area contributed by atoms with Gasteiger partial charge in [0.15, 0.2) is 0 Å². The monoisotopic (exact) mass is 327 g/mol. The van der Waals surface area contributed by atoms with E-state index in [0.29, 0.717) is 36.9 Å². The van der Waals surface area contributed by atoms with Gasteiger partial charge in [-0.05, 0) is 30.8 Å². The first kappa shape index (κ1) is 16.8. The third-order valence-corrected chi connectivity index (χ3v) is 4.78. The van der Waals surface area contributed by atoms with Gasteiger partial charge in [-0.3, -0.25) is 9.59 Å². The van der Waals surface area contributed by atoms with E-state index in [2.05, 4.69) is 23.8 Å². The third-order valence-electron chi connectivity index (χ3n) is 4.78. The predicted octanol–water partition coefficient (Wildman–Crippen LogP) is 2.78. The standard InChI is InChI=1S/C19H25N3O2/c1-13-10-14(2)12-22(11-13)18(23)9-5-8-17-20-16-7-4-3-6-15(16)19(24)21-17/h3-4,6-7,13-15H,5,8-12H2,1-2H3. The summed E-state index contributed by atoms with van der Waals surface area (Å²) in [5.41, 5.74) is 0.762. The molecule has 5 nitrogen and oxygen atoms in total.